The maximum atomic E-state index is 12.8. The number of likely N-dealkylation sites (tertiary alicyclic amines) is 1. The molecule has 0 radical (unpaired) electrons. The topological polar surface area (TPSA) is 67.2 Å². The van der Waals surface area contributed by atoms with Crippen LogP contribution in [0, 0.1) is 6.92 Å². The van der Waals surface area contributed by atoms with E-state index in [1.807, 2.05) is 30.8 Å². The number of hydrogen-bond acceptors (Lipinski definition) is 5. The first-order valence-corrected chi connectivity index (χ1v) is 8.32. The fourth-order valence-electron chi connectivity index (χ4n) is 3.25. The lowest BCUT2D eigenvalue weighted by atomic mass is 10.1. The van der Waals surface area contributed by atoms with Gasteiger partial charge in [0.15, 0.2) is 0 Å². The van der Waals surface area contributed by atoms with Crippen LogP contribution in [-0.4, -0.2) is 50.7 Å². The summed E-state index contributed by atoms with van der Waals surface area (Å²) in [5, 5.41) is 4.99. The Morgan fingerprint density at radius 2 is 2.25 bits per heavy atom. The third kappa shape index (κ3) is 3.08. The summed E-state index contributed by atoms with van der Waals surface area (Å²) in [5.41, 5.74) is 1.85. The average Bonchev–Trinajstić information content (AvgIpc) is 3.13. The second-order valence-electron chi connectivity index (χ2n) is 6.08. The molecule has 1 fully saturated rings. The van der Waals surface area contributed by atoms with Gasteiger partial charge in [0.1, 0.15) is 11.0 Å². The average molecular weight is 349 g/mol. The maximum absolute atomic E-state index is 12.8. The van der Waals surface area contributed by atoms with Gasteiger partial charge in [0, 0.05) is 38.6 Å². The number of anilines is 1. The first kappa shape index (κ1) is 16.7. The van der Waals surface area contributed by atoms with E-state index in [1.54, 1.807) is 23.3 Å². The summed E-state index contributed by atoms with van der Waals surface area (Å²) in [6.07, 6.45) is 6.76. The molecule has 0 bridgehead atoms. The van der Waals surface area contributed by atoms with E-state index in [9.17, 15) is 4.79 Å². The van der Waals surface area contributed by atoms with Gasteiger partial charge in [-0.25, -0.2) is 4.98 Å². The van der Waals surface area contributed by atoms with Gasteiger partial charge in [-0.1, -0.05) is 11.6 Å². The summed E-state index contributed by atoms with van der Waals surface area (Å²) >= 11 is 6.40. The number of carbonyl (C=O) groups is 1. The highest BCUT2D eigenvalue weighted by atomic mass is 35.5. The van der Waals surface area contributed by atoms with Gasteiger partial charge in [-0.3, -0.25) is 14.5 Å². The molecule has 0 spiro atoms. The Balaban J connectivity index is 1.77. The molecule has 2 aromatic rings. The molecule has 3 heterocycles. The van der Waals surface area contributed by atoms with Crippen molar-refractivity contribution in [3.63, 3.8) is 0 Å². The molecule has 1 unspecified atom stereocenters. The Morgan fingerprint density at radius 1 is 1.46 bits per heavy atom. The minimum absolute atomic E-state index is 0.00559. The Bertz CT molecular complexity index is 732. The second kappa shape index (κ2) is 6.76. The van der Waals surface area contributed by atoms with E-state index < -0.39 is 0 Å². The van der Waals surface area contributed by atoms with Crippen LogP contribution in [-0.2, 0) is 11.8 Å². The fraction of sp³-hybridized carbons (Fsp3) is 0.500. The molecular weight excluding hydrogens is 328 g/mol. The summed E-state index contributed by atoms with van der Waals surface area (Å²) in [6.45, 7) is 2.93. The van der Waals surface area contributed by atoms with Crippen LogP contribution in [0.25, 0.3) is 0 Å². The zero-order valence-electron chi connectivity index (χ0n) is 14.1. The lowest BCUT2D eigenvalue weighted by Gasteiger charge is -2.27. The third-order valence-corrected chi connectivity index (χ3v) is 4.86. The minimum atomic E-state index is -0.00559. The quantitative estimate of drug-likeness (QED) is 0.845. The van der Waals surface area contributed by atoms with E-state index in [1.165, 1.54) is 0 Å². The van der Waals surface area contributed by atoms with E-state index >= 15 is 0 Å². The van der Waals surface area contributed by atoms with Crippen molar-refractivity contribution >= 4 is 23.3 Å². The number of hydrogen-bond donors (Lipinski definition) is 0. The van der Waals surface area contributed by atoms with Crippen LogP contribution >= 0.6 is 11.6 Å². The van der Waals surface area contributed by atoms with E-state index in [0.717, 1.165) is 30.6 Å². The first-order chi connectivity index (χ1) is 11.5. The molecule has 8 heteroatoms. The SMILES string of the molecule is Cc1nn(C)c(Cl)c1C1CCCN1C(=O)CN(C)c1cnccn1. The molecule has 1 aliphatic heterocycles. The van der Waals surface area contributed by atoms with Gasteiger partial charge in [0.2, 0.25) is 5.91 Å². The van der Waals surface area contributed by atoms with Gasteiger partial charge in [-0.2, -0.15) is 5.10 Å². The highest BCUT2D eigenvalue weighted by molar-refractivity contribution is 6.30. The van der Waals surface area contributed by atoms with Crippen molar-refractivity contribution in [1.82, 2.24) is 24.6 Å². The fourth-order valence-corrected chi connectivity index (χ4v) is 3.55. The molecule has 2 aromatic heterocycles. The molecule has 0 aromatic carbocycles. The number of carbonyl (C=O) groups excluding carboxylic acids is 1. The molecular formula is C16H21ClN6O. The highest BCUT2D eigenvalue weighted by Crippen LogP contribution is 2.37. The lowest BCUT2D eigenvalue weighted by Crippen LogP contribution is -2.39. The summed E-state index contributed by atoms with van der Waals surface area (Å²) < 4.78 is 1.67. The molecule has 3 rings (SSSR count). The van der Waals surface area contributed by atoms with Crippen molar-refractivity contribution in [3.8, 4) is 0 Å². The van der Waals surface area contributed by atoms with Crippen LogP contribution in [0.5, 0.6) is 0 Å². The molecule has 1 atom stereocenters. The second-order valence-corrected chi connectivity index (χ2v) is 6.44. The normalized spacial score (nSPS) is 17.3. The number of aromatic nitrogens is 4. The summed E-state index contributed by atoms with van der Waals surface area (Å²) in [7, 11) is 3.66. The van der Waals surface area contributed by atoms with Crippen molar-refractivity contribution in [2.45, 2.75) is 25.8 Å². The predicted molar refractivity (Wildman–Crippen MR) is 91.9 cm³/mol. The Morgan fingerprint density at radius 3 is 2.88 bits per heavy atom. The smallest absolute Gasteiger partial charge is 0.242 e. The zero-order chi connectivity index (χ0) is 17.3. The predicted octanol–water partition coefficient (Wildman–Crippen LogP) is 1.97. The van der Waals surface area contributed by atoms with Crippen LogP contribution in [0.4, 0.5) is 5.82 Å². The molecule has 0 saturated carbocycles. The number of likely N-dealkylation sites (N-methyl/N-ethyl adjacent to an activating group) is 1. The molecule has 128 valence electrons. The van der Waals surface area contributed by atoms with E-state index in [0.29, 0.717) is 11.0 Å². The number of halogens is 1. The van der Waals surface area contributed by atoms with Crippen molar-refractivity contribution in [1.29, 1.82) is 0 Å². The summed E-state index contributed by atoms with van der Waals surface area (Å²) in [6, 6.07) is -0.00559. The molecule has 7 nitrogen and oxygen atoms in total. The molecule has 24 heavy (non-hydrogen) atoms. The van der Waals surface area contributed by atoms with E-state index in [2.05, 4.69) is 15.1 Å². The number of amides is 1. The lowest BCUT2D eigenvalue weighted by molar-refractivity contribution is -0.130. The largest absolute Gasteiger partial charge is 0.349 e. The molecule has 1 saturated heterocycles. The Hall–Kier alpha value is -2.15. The molecule has 1 amide bonds. The molecule has 1 aliphatic rings. The van der Waals surface area contributed by atoms with Gasteiger partial charge < -0.3 is 9.80 Å². The van der Waals surface area contributed by atoms with Gasteiger partial charge in [-0.15, -0.1) is 0 Å². The maximum Gasteiger partial charge on any atom is 0.242 e. The Labute approximate surface area is 146 Å². The van der Waals surface area contributed by atoms with Crippen molar-refractivity contribution in [2.75, 3.05) is 25.0 Å². The van der Waals surface area contributed by atoms with Crippen LogP contribution in [0.15, 0.2) is 18.6 Å². The summed E-state index contributed by atoms with van der Waals surface area (Å²) in [5.74, 6) is 0.738. The van der Waals surface area contributed by atoms with Crippen molar-refractivity contribution < 1.29 is 4.79 Å². The Kier molecular flexibility index (Phi) is 4.71. The monoisotopic (exact) mass is 348 g/mol. The zero-order valence-corrected chi connectivity index (χ0v) is 14.9. The third-order valence-electron chi connectivity index (χ3n) is 4.42. The van der Waals surface area contributed by atoms with Crippen molar-refractivity contribution in [3.05, 3.63) is 35.0 Å². The standard InChI is InChI=1S/C16H21ClN6O/c1-11-15(16(17)22(3)20-11)12-5-4-8-23(12)14(24)10-21(2)13-9-18-6-7-19-13/h6-7,9,12H,4-5,8,10H2,1-3H3. The molecule has 0 aliphatic carbocycles. The highest BCUT2D eigenvalue weighted by Gasteiger charge is 2.34. The van der Waals surface area contributed by atoms with Gasteiger partial charge in [-0.05, 0) is 19.8 Å². The number of aryl methyl sites for hydroxylation is 2. The minimum Gasteiger partial charge on any atom is -0.349 e. The first-order valence-electron chi connectivity index (χ1n) is 7.94. The summed E-state index contributed by atoms with van der Waals surface area (Å²) in [4.78, 5) is 24.8. The van der Waals surface area contributed by atoms with Gasteiger partial charge in [0.05, 0.1) is 24.5 Å². The van der Waals surface area contributed by atoms with Crippen LogP contribution in [0.2, 0.25) is 5.15 Å². The number of rotatable bonds is 4. The van der Waals surface area contributed by atoms with Crippen LogP contribution in [0.3, 0.4) is 0 Å². The van der Waals surface area contributed by atoms with Crippen LogP contribution < -0.4 is 4.90 Å². The van der Waals surface area contributed by atoms with Crippen LogP contribution in [0.1, 0.15) is 30.1 Å². The van der Waals surface area contributed by atoms with E-state index in [-0.39, 0.29) is 18.5 Å². The van der Waals surface area contributed by atoms with Gasteiger partial charge in [0.25, 0.3) is 0 Å². The van der Waals surface area contributed by atoms with Crippen molar-refractivity contribution in [2.24, 2.45) is 7.05 Å². The van der Waals surface area contributed by atoms with Gasteiger partial charge >= 0.3 is 0 Å². The molecule has 0 N–H and O–H groups in total. The van der Waals surface area contributed by atoms with E-state index in [4.69, 9.17) is 11.6 Å². The number of nitrogens with zero attached hydrogens (tertiary/aromatic N) is 6.